The van der Waals surface area contributed by atoms with Gasteiger partial charge in [0.15, 0.2) is 11.6 Å². The van der Waals surface area contributed by atoms with Crippen molar-refractivity contribution in [2.45, 2.75) is 0 Å². The predicted octanol–water partition coefficient (Wildman–Crippen LogP) is 9.41. The van der Waals surface area contributed by atoms with E-state index in [4.69, 9.17) is 19.9 Å². The van der Waals surface area contributed by atoms with Crippen LogP contribution in [0.15, 0.2) is 146 Å². The zero-order valence-electron chi connectivity index (χ0n) is 24.5. The number of pyridine rings is 1. The minimum absolute atomic E-state index is 0.573. The fraction of sp³-hybridized carbons (Fsp3) is 0. The van der Waals surface area contributed by atoms with Gasteiger partial charge in [-0.05, 0) is 30.3 Å². The Kier molecular flexibility index (Phi) is 5.19. The highest BCUT2D eigenvalue weighted by Crippen LogP contribution is 2.41. The highest BCUT2D eigenvalue weighted by molar-refractivity contribution is 6.27. The van der Waals surface area contributed by atoms with Gasteiger partial charge in [-0.25, -0.2) is 9.97 Å². The van der Waals surface area contributed by atoms with Crippen molar-refractivity contribution in [1.82, 2.24) is 28.9 Å². The number of benzene rings is 6. The summed E-state index contributed by atoms with van der Waals surface area (Å²) in [4.78, 5) is 20.5. The fourth-order valence-corrected chi connectivity index (χ4v) is 6.95. The van der Waals surface area contributed by atoms with Crippen LogP contribution in [0.1, 0.15) is 0 Å². The molecular weight excluding hydrogens is 564 g/mol. The number of para-hydroxylation sites is 4. The molecule has 4 heterocycles. The Morgan fingerprint density at radius 1 is 0.391 bits per heavy atom. The van der Waals surface area contributed by atoms with Crippen LogP contribution in [-0.2, 0) is 0 Å². The molecule has 0 saturated heterocycles. The third-order valence-corrected chi connectivity index (χ3v) is 8.94. The largest absolute Gasteiger partial charge is 0.292 e. The van der Waals surface area contributed by atoms with E-state index in [0.717, 1.165) is 71.3 Å². The average molecular weight is 589 g/mol. The van der Waals surface area contributed by atoms with Crippen LogP contribution in [0.5, 0.6) is 0 Å². The molecule has 0 bridgehead atoms. The quantitative estimate of drug-likeness (QED) is 0.193. The highest BCUT2D eigenvalue weighted by Gasteiger charge is 2.22. The molecule has 0 fully saturated rings. The molecule has 0 aliphatic carbocycles. The Bertz CT molecular complexity index is 2740. The van der Waals surface area contributed by atoms with Gasteiger partial charge in [-0.2, -0.15) is 9.97 Å². The van der Waals surface area contributed by atoms with E-state index in [0.29, 0.717) is 17.6 Å². The van der Waals surface area contributed by atoms with Crippen LogP contribution in [0.25, 0.3) is 88.9 Å². The van der Waals surface area contributed by atoms with Gasteiger partial charge in [0, 0.05) is 38.1 Å². The molecule has 46 heavy (non-hydrogen) atoms. The maximum absolute atomic E-state index is 5.18. The van der Waals surface area contributed by atoms with E-state index in [-0.39, 0.29) is 0 Å². The summed E-state index contributed by atoms with van der Waals surface area (Å²) in [6.45, 7) is 0. The molecule has 0 unspecified atom stereocenters. The first-order valence-corrected chi connectivity index (χ1v) is 15.3. The van der Waals surface area contributed by atoms with Crippen LogP contribution < -0.4 is 0 Å². The summed E-state index contributed by atoms with van der Waals surface area (Å²) >= 11 is 0. The number of hydrogen-bond acceptors (Lipinski definition) is 4. The lowest BCUT2D eigenvalue weighted by atomic mass is 10.0. The van der Waals surface area contributed by atoms with Crippen LogP contribution in [0.4, 0.5) is 0 Å². The minimum Gasteiger partial charge on any atom is -0.292 e. The molecule has 4 aromatic heterocycles. The van der Waals surface area contributed by atoms with E-state index in [1.807, 2.05) is 66.7 Å². The first kappa shape index (κ1) is 25.0. The molecule has 0 atom stereocenters. The van der Waals surface area contributed by atoms with Crippen LogP contribution >= 0.6 is 0 Å². The number of aromatic nitrogens is 6. The molecule has 6 nitrogen and oxygen atoms in total. The van der Waals surface area contributed by atoms with Crippen LogP contribution in [0.3, 0.4) is 0 Å². The molecule has 0 spiro atoms. The molecule has 6 aromatic carbocycles. The van der Waals surface area contributed by atoms with Crippen molar-refractivity contribution in [2.75, 3.05) is 0 Å². The van der Waals surface area contributed by atoms with Gasteiger partial charge in [0.05, 0.1) is 27.6 Å². The summed E-state index contributed by atoms with van der Waals surface area (Å²) in [6, 6.07) is 50.2. The van der Waals surface area contributed by atoms with Gasteiger partial charge in [0.1, 0.15) is 5.65 Å². The molecular formula is C40H24N6. The Balaban J connectivity index is 1.42. The van der Waals surface area contributed by atoms with Crippen molar-refractivity contribution < 1.29 is 0 Å². The Hall–Kier alpha value is -6.40. The SMILES string of the molecule is c1ccc(-c2nc(-c3ccccc3)nc(-n3c4ccccc4c4ccc5c(c6ccccc6n6c7ccccc7nc56)c43)n2)cc1. The zero-order chi connectivity index (χ0) is 30.2. The molecule has 214 valence electrons. The molecule has 10 rings (SSSR count). The first-order chi connectivity index (χ1) is 22.8. The van der Waals surface area contributed by atoms with E-state index >= 15 is 0 Å². The maximum Gasteiger partial charge on any atom is 0.238 e. The number of nitrogens with zero attached hydrogens (tertiary/aromatic N) is 6. The molecule has 0 aliphatic rings. The van der Waals surface area contributed by atoms with Crippen molar-refractivity contribution in [2.24, 2.45) is 0 Å². The standard InChI is InChI=1S/C40H24N6/c1-3-13-25(14-4-1)37-42-38(26-15-5-2-6-16-26)44-40(43-37)46-32-20-10-7-17-27(32)28-23-24-30-35(36(28)46)29-18-8-11-21-33(29)45-34-22-12-9-19-31(34)41-39(30)45/h1-24H. The Morgan fingerprint density at radius 3 is 1.67 bits per heavy atom. The second-order valence-electron chi connectivity index (χ2n) is 11.5. The number of fused-ring (bicyclic) bond motifs is 12. The van der Waals surface area contributed by atoms with Crippen molar-refractivity contribution in [3.8, 4) is 28.7 Å². The third kappa shape index (κ3) is 3.52. The molecule has 0 amide bonds. The van der Waals surface area contributed by atoms with E-state index in [1.54, 1.807) is 0 Å². The first-order valence-electron chi connectivity index (χ1n) is 15.3. The molecule has 0 N–H and O–H groups in total. The molecule has 0 radical (unpaired) electrons. The van der Waals surface area contributed by atoms with Gasteiger partial charge in [0.2, 0.25) is 5.95 Å². The van der Waals surface area contributed by atoms with Crippen molar-refractivity contribution in [3.63, 3.8) is 0 Å². The number of rotatable bonds is 3. The van der Waals surface area contributed by atoms with Gasteiger partial charge in [-0.1, -0.05) is 115 Å². The fourth-order valence-electron chi connectivity index (χ4n) is 6.95. The topological polar surface area (TPSA) is 60.9 Å². The summed E-state index contributed by atoms with van der Waals surface area (Å²) in [5.41, 5.74) is 8.05. The maximum atomic E-state index is 5.18. The summed E-state index contributed by atoms with van der Waals surface area (Å²) in [5, 5.41) is 5.61. The summed E-state index contributed by atoms with van der Waals surface area (Å²) in [7, 11) is 0. The van der Waals surface area contributed by atoms with Crippen molar-refractivity contribution in [1.29, 1.82) is 0 Å². The van der Waals surface area contributed by atoms with Crippen LogP contribution in [0.2, 0.25) is 0 Å². The third-order valence-electron chi connectivity index (χ3n) is 8.94. The van der Waals surface area contributed by atoms with E-state index in [2.05, 4.69) is 87.8 Å². The highest BCUT2D eigenvalue weighted by atomic mass is 15.2. The smallest absolute Gasteiger partial charge is 0.238 e. The van der Waals surface area contributed by atoms with E-state index in [9.17, 15) is 0 Å². The molecule has 10 aromatic rings. The average Bonchev–Trinajstić information content (AvgIpc) is 3.69. The van der Waals surface area contributed by atoms with E-state index in [1.165, 1.54) is 0 Å². The molecule has 0 aliphatic heterocycles. The van der Waals surface area contributed by atoms with Gasteiger partial charge < -0.3 is 0 Å². The molecule has 0 saturated carbocycles. The van der Waals surface area contributed by atoms with Crippen LogP contribution in [0, 0.1) is 0 Å². The lowest BCUT2D eigenvalue weighted by Gasteiger charge is -2.14. The van der Waals surface area contributed by atoms with Gasteiger partial charge in [-0.3, -0.25) is 8.97 Å². The van der Waals surface area contributed by atoms with Crippen molar-refractivity contribution >= 4 is 60.2 Å². The Morgan fingerprint density at radius 2 is 0.957 bits per heavy atom. The molecule has 6 heteroatoms. The van der Waals surface area contributed by atoms with Gasteiger partial charge in [-0.15, -0.1) is 0 Å². The number of hydrogen-bond donors (Lipinski definition) is 0. The summed E-state index contributed by atoms with van der Waals surface area (Å²) in [6.07, 6.45) is 0. The predicted molar refractivity (Wildman–Crippen MR) is 186 cm³/mol. The van der Waals surface area contributed by atoms with Gasteiger partial charge >= 0.3 is 0 Å². The van der Waals surface area contributed by atoms with Crippen LogP contribution in [-0.4, -0.2) is 28.9 Å². The Labute approximate surface area is 262 Å². The van der Waals surface area contributed by atoms with Gasteiger partial charge in [0.25, 0.3) is 0 Å². The number of imidazole rings is 1. The second-order valence-corrected chi connectivity index (χ2v) is 11.5. The summed E-state index contributed by atoms with van der Waals surface area (Å²) in [5.74, 6) is 1.83. The lowest BCUT2D eigenvalue weighted by molar-refractivity contribution is 0.955. The van der Waals surface area contributed by atoms with E-state index < -0.39 is 0 Å². The zero-order valence-corrected chi connectivity index (χ0v) is 24.5. The lowest BCUT2D eigenvalue weighted by Crippen LogP contribution is -2.06. The van der Waals surface area contributed by atoms with Crippen molar-refractivity contribution in [3.05, 3.63) is 146 Å². The summed E-state index contributed by atoms with van der Waals surface area (Å²) < 4.78 is 4.51. The second kappa shape index (κ2) is 9.55. The minimum atomic E-state index is 0.573. The normalized spacial score (nSPS) is 11.9. The monoisotopic (exact) mass is 588 g/mol.